The fourth-order valence-corrected chi connectivity index (χ4v) is 3.89. The number of hydrogen-bond donors (Lipinski definition) is 1. The van der Waals surface area contributed by atoms with E-state index in [0.29, 0.717) is 12.5 Å². The van der Waals surface area contributed by atoms with E-state index in [1.54, 1.807) is 14.2 Å². The van der Waals surface area contributed by atoms with Crippen LogP contribution in [0.4, 0.5) is 0 Å². The molecule has 2 heterocycles. The number of hydrogen-bond acceptors (Lipinski definition) is 4. The largest absolute Gasteiger partial charge is 0.497 e. The Bertz CT molecular complexity index is 949. The van der Waals surface area contributed by atoms with Crippen molar-refractivity contribution in [3.05, 3.63) is 55.1 Å². The van der Waals surface area contributed by atoms with Gasteiger partial charge in [-0.2, -0.15) is 0 Å². The first kappa shape index (κ1) is 18.5. The third-order valence-electron chi connectivity index (χ3n) is 5.33. The molecule has 1 aliphatic rings. The lowest BCUT2D eigenvalue weighted by Crippen LogP contribution is -2.30. The van der Waals surface area contributed by atoms with Crippen LogP contribution in [-0.2, 0) is 0 Å². The fourth-order valence-electron chi connectivity index (χ4n) is 3.89. The number of ether oxygens (including phenoxy) is 4. The van der Waals surface area contributed by atoms with E-state index >= 15 is 0 Å². The van der Waals surface area contributed by atoms with Crippen molar-refractivity contribution in [1.82, 2.24) is 4.98 Å². The summed E-state index contributed by atoms with van der Waals surface area (Å²) in [5.41, 5.74) is 2.39. The van der Waals surface area contributed by atoms with Crippen molar-refractivity contribution >= 4 is 10.9 Å². The van der Waals surface area contributed by atoms with Crippen molar-refractivity contribution in [2.24, 2.45) is 0 Å². The minimum atomic E-state index is -0.0216. The molecule has 2 atom stereocenters. The maximum atomic E-state index is 6.25. The van der Waals surface area contributed by atoms with Gasteiger partial charge in [0.2, 0.25) is 0 Å². The molecule has 0 aliphatic carbocycles. The second-order valence-electron chi connectivity index (χ2n) is 7.09. The Morgan fingerprint density at radius 3 is 2.68 bits per heavy atom. The van der Waals surface area contributed by atoms with Crippen LogP contribution in [0, 0.1) is 6.92 Å². The first-order valence-electron chi connectivity index (χ1n) is 9.63. The van der Waals surface area contributed by atoms with E-state index in [1.807, 2.05) is 24.3 Å². The molecule has 28 heavy (non-hydrogen) atoms. The molecule has 1 N–H and O–H groups in total. The van der Waals surface area contributed by atoms with Gasteiger partial charge >= 0.3 is 0 Å². The molecule has 1 aliphatic heterocycles. The maximum absolute atomic E-state index is 6.25. The highest BCUT2D eigenvalue weighted by Crippen LogP contribution is 2.39. The molecular formula is C23H26NO4. The summed E-state index contributed by atoms with van der Waals surface area (Å²) in [7, 11) is 3.35. The van der Waals surface area contributed by atoms with Gasteiger partial charge < -0.3 is 23.9 Å². The summed E-state index contributed by atoms with van der Waals surface area (Å²) >= 11 is 0. The van der Waals surface area contributed by atoms with Crippen LogP contribution in [0.3, 0.4) is 0 Å². The van der Waals surface area contributed by atoms with Gasteiger partial charge in [0, 0.05) is 23.2 Å². The Kier molecular flexibility index (Phi) is 5.33. The Hall–Kier alpha value is -2.82. The molecule has 0 fully saturated rings. The quantitative estimate of drug-likeness (QED) is 0.619. The summed E-state index contributed by atoms with van der Waals surface area (Å²) < 4.78 is 22.9. The highest BCUT2D eigenvalue weighted by Gasteiger charge is 2.26. The molecule has 0 saturated carbocycles. The van der Waals surface area contributed by atoms with E-state index in [-0.39, 0.29) is 6.10 Å². The molecule has 2 unspecified atom stereocenters. The summed E-state index contributed by atoms with van der Waals surface area (Å²) in [5, 5.41) is 1.19. The average molecular weight is 380 g/mol. The zero-order valence-electron chi connectivity index (χ0n) is 16.4. The van der Waals surface area contributed by atoms with Crippen LogP contribution >= 0.6 is 0 Å². The predicted molar refractivity (Wildman–Crippen MR) is 110 cm³/mol. The van der Waals surface area contributed by atoms with Crippen molar-refractivity contribution in [2.45, 2.75) is 31.3 Å². The van der Waals surface area contributed by atoms with Gasteiger partial charge in [-0.25, -0.2) is 0 Å². The molecule has 3 aromatic rings. The second-order valence-corrected chi connectivity index (χ2v) is 7.09. The Morgan fingerprint density at radius 1 is 1.11 bits per heavy atom. The van der Waals surface area contributed by atoms with Crippen molar-refractivity contribution in [3.63, 3.8) is 0 Å². The minimum absolute atomic E-state index is 0.0216. The van der Waals surface area contributed by atoms with Crippen molar-refractivity contribution < 1.29 is 18.9 Å². The number of nitrogens with one attached hydrogen (secondary N) is 1. The Labute approximate surface area is 165 Å². The van der Waals surface area contributed by atoms with E-state index in [4.69, 9.17) is 18.9 Å². The van der Waals surface area contributed by atoms with E-state index in [2.05, 4.69) is 30.2 Å². The summed E-state index contributed by atoms with van der Waals surface area (Å²) in [6.07, 6.45) is 4.78. The van der Waals surface area contributed by atoms with Crippen molar-refractivity contribution in [1.29, 1.82) is 0 Å². The predicted octanol–water partition coefficient (Wildman–Crippen LogP) is 5.11. The maximum Gasteiger partial charge on any atom is 0.165 e. The normalized spacial score (nSPS) is 16.8. The molecular weight excluding hydrogens is 354 g/mol. The molecule has 0 bridgehead atoms. The van der Waals surface area contributed by atoms with E-state index in [1.165, 1.54) is 10.9 Å². The molecule has 4 rings (SSSR count). The summed E-state index contributed by atoms with van der Waals surface area (Å²) in [5.74, 6) is 3.45. The first-order chi connectivity index (χ1) is 13.7. The monoisotopic (exact) mass is 380 g/mol. The smallest absolute Gasteiger partial charge is 0.165 e. The second kappa shape index (κ2) is 8.05. The van der Waals surface area contributed by atoms with Crippen LogP contribution in [0.5, 0.6) is 23.0 Å². The lowest BCUT2D eigenvalue weighted by Gasteiger charge is -2.29. The minimum Gasteiger partial charge on any atom is -0.497 e. The first-order valence-corrected chi connectivity index (χ1v) is 9.63. The fraction of sp³-hybridized carbons (Fsp3) is 0.348. The molecule has 1 radical (unpaired) electrons. The molecule has 0 saturated heterocycles. The Balaban J connectivity index is 1.57. The van der Waals surface area contributed by atoms with E-state index in [0.717, 1.165) is 47.8 Å². The number of methoxy groups -OCH3 is 2. The molecule has 147 valence electrons. The number of aromatic nitrogens is 1. The number of aromatic amines is 1. The Morgan fingerprint density at radius 2 is 1.89 bits per heavy atom. The molecule has 2 aromatic carbocycles. The van der Waals surface area contributed by atoms with Crippen LogP contribution < -0.4 is 18.9 Å². The van der Waals surface area contributed by atoms with E-state index in [9.17, 15) is 0 Å². The molecule has 5 heteroatoms. The van der Waals surface area contributed by atoms with Crippen molar-refractivity contribution in [2.75, 3.05) is 20.8 Å². The number of rotatable bonds is 7. The summed E-state index contributed by atoms with van der Waals surface area (Å²) in [6, 6.07) is 11.8. The highest BCUT2D eigenvalue weighted by atomic mass is 16.6. The van der Waals surface area contributed by atoms with Gasteiger partial charge in [0.15, 0.2) is 11.5 Å². The van der Waals surface area contributed by atoms with Gasteiger partial charge in [-0.3, -0.25) is 0 Å². The standard InChI is InChI=1S/C23H26NO4/c1-4-5-15(20-13-24-21-8-6-16(25-2)11-19(20)21)10-18-14-27-22-9-7-17(26-3)12-23(22)28-18/h6-9,11-13,15,18,24H,1,4-5,10,14H2,2-3H3. The number of H-pyrrole nitrogens is 1. The van der Waals surface area contributed by atoms with Crippen LogP contribution in [0.1, 0.15) is 30.7 Å². The molecule has 0 spiro atoms. The third-order valence-corrected chi connectivity index (χ3v) is 5.33. The summed E-state index contributed by atoms with van der Waals surface area (Å²) in [6.45, 7) is 4.62. The lowest BCUT2D eigenvalue weighted by molar-refractivity contribution is 0.0784. The molecule has 0 amide bonds. The highest BCUT2D eigenvalue weighted by molar-refractivity contribution is 5.85. The average Bonchev–Trinajstić information content (AvgIpc) is 3.15. The van der Waals surface area contributed by atoms with Crippen LogP contribution in [0.15, 0.2) is 42.6 Å². The summed E-state index contributed by atoms with van der Waals surface area (Å²) in [4.78, 5) is 3.38. The lowest BCUT2D eigenvalue weighted by atomic mass is 9.89. The van der Waals surface area contributed by atoms with Crippen LogP contribution in [0.2, 0.25) is 0 Å². The van der Waals surface area contributed by atoms with Gasteiger partial charge in [0.05, 0.1) is 14.2 Å². The van der Waals surface area contributed by atoms with Crippen molar-refractivity contribution in [3.8, 4) is 23.0 Å². The number of benzene rings is 2. The van der Waals surface area contributed by atoms with Gasteiger partial charge in [0.1, 0.15) is 24.2 Å². The molecule has 1 aromatic heterocycles. The van der Waals surface area contributed by atoms with Gasteiger partial charge in [-0.15, -0.1) is 0 Å². The topological polar surface area (TPSA) is 52.7 Å². The number of fused-ring (bicyclic) bond motifs is 2. The van der Waals surface area contributed by atoms with Gasteiger partial charge in [-0.1, -0.05) is 13.3 Å². The van der Waals surface area contributed by atoms with Gasteiger partial charge in [-0.05, 0) is 54.7 Å². The zero-order valence-corrected chi connectivity index (χ0v) is 16.4. The SMILES string of the molecule is [CH2]CCC(CC1COc2ccc(OC)cc2O1)c1c[nH]c2ccc(OC)cc12. The van der Waals surface area contributed by atoms with E-state index < -0.39 is 0 Å². The molecule has 5 nitrogen and oxygen atoms in total. The van der Waals surface area contributed by atoms with Crippen LogP contribution in [0.25, 0.3) is 10.9 Å². The van der Waals surface area contributed by atoms with Gasteiger partial charge in [0.25, 0.3) is 0 Å². The third kappa shape index (κ3) is 3.61. The zero-order chi connectivity index (χ0) is 19.5. The van der Waals surface area contributed by atoms with Crippen LogP contribution in [-0.4, -0.2) is 31.9 Å².